The molecule has 0 aliphatic heterocycles. The minimum absolute atomic E-state index is 0.0431. The molecule has 0 heterocycles. The van der Waals surface area contributed by atoms with E-state index in [0.717, 1.165) is 6.42 Å². The number of amides is 5. The van der Waals surface area contributed by atoms with Crippen LogP contribution in [0.3, 0.4) is 0 Å². The van der Waals surface area contributed by atoms with Crippen molar-refractivity contribution in [1.82, 2.24) is 30.2 Å². The molecule has 0 aliphatic rings. The Hall–Kier alpha value is -3.59. The summed E-state index contributed by atoms with van der Waals surface area (Å²) >= 11 is 0. The standard InChI is InChI=1S/C40H72N6O8/c1-16-18-30(17-2)23-33(38(51)44(13)28(7)21-26(3)4)46(15)37(50)31(25-54-20-19-40(9,10)53)42-36(49)32(22-27(5)6)45(14)34(48)24-43(12)39(52)35(41-11)29(8)47/h16-18,26-29,31-33,35,41,47,53H,1-2,19-25H2,3-15H3,(H,42,49)/b30-18+. The molecule has 6 unspecified atom stereocenters. The van der Waals surface area contributed by atoms with Gasteiger partial charge in [0.15, 0.2) is 0 Å². The highest BCUT2D eigenvalue weighted by molar-refractivity contribution is 5.95. The first-order valence-corrected chi connectivity index (χ1v) is 18.9. The van der Waals surface area contributed by atoms with Crippen LogP contribution < -0.4 is 10.6 Å². The van der Waals surface area contributed by atoms with Crippen LogP contribution in [0.5, 0.6) is 0 Å². The van der Waals surface area contributed by atoms with Crippen LogP contribution >= 0.6 is 0 Å². The quantitative estimate of drug-likeness (QED) is 0.0805. The average Bonchev–Trinajstić information content (AvgIpc) is 3.07. The average molecular weight is 765 g/mol. The molecule has 6 atom stereocenters. The number of hydrogen-bond donors (Lipinski definition) is 4. The van der Waals surface area contributed by atoms with Gasteiger partial charge in [0, 0.05) is 47.3 Å². The molecule has 310 valence electrons. The first kappa shape index (κ1) is 50.4. The summed E-state index contributed by atoms with van der Waals surface area (Å²) in [7, 11) is 7.66. The molecule has 14 nitrogen and oxygen atoms in total. The van der Waals surface area contributed by atoms with Crippen molar-refractivity contribution in [1.29, 1.82) is 0 Å². The van der Waals surface area contributed by atoms with Crippen LogP contribution in [-0.2, 0) is 28.7 Å². The third-order valence-corrected chi connectivity index (χ3v) is 9.37. The van der Waals surface area contributed by atoms with Gasteiger partial charge in [-0.1, -0.05) is 59.1 Å². The third kappa shape index (κ3) is 17.3. The second-order valence-corrected chi connectivity index (χ2v) is 15.8. The fourth-order valence-corrected chi connectivity index (χ4v) is 5.90. The number of carbonyl (C=O) groups is 5. The maximum absolute atomic E-state index is 14.4. The Morgan fingerprint density at radius 1 is 0.833 bits per heavy atom. The molecule has 0 aromatic carbocycles. The van der Waals surface area contributed by atoms with E-state index in [9.17, 15) is 34.2 Å². The Labute approximate surface area is 325 Å². The van der Waals surface area contributed by atoms with Crippen LogP contribution in [0.1, 0.15) is 81.1 Å². The number of carbonyl (C=O) groups excluding carboxylic acids is 5. The van der Waals surface area contributed by atoms with Gasteiger partial charge in [0.05, 0.1) is 24.9 Å². The summed E-state index contributed by atoms with van der Waals surface area (Å²) in [5.41, 5.74) is -0.347. The van der Waals surface area contributed by atoms with Crippen LogP contribution in [0.15, 0.2) is 37.0 Å². The molecule has 0 rings (SSSR count). The zero-order chi connectivity index (χ0) is 42.1. The summed E-state index contributed by atoms with van der Waals surface area (Å²) < 4.78 is 5.85. The van der Waals surface area contributed by atoms with Crippen molar-refractivity contribution in [3.05, 3.63) is 37.0 Å². The zero-order valence-electron chi connectivity index (χ0n) is 35.3. The number of rotatable bonds is 25. The van der Waals surface area contributed by atoms with Gasteiger partial charge in [-0.3, -0.25) is 24.0 Å². The number of allylic oxidation sites excluding steroid dienone is 3. The number of hydrogen-bond acceptors (Lipinski definition) is 9. The van der Waals surface area contributed by atoms with Crippen LogP contribution in [-0.4, -0.2) is 156 Å². The van der Waals surface area contributed by atoms with E-state index in [1.165, 1.54) is 49.8 Å². The zero-order valence-corrected chi connectivity index (χ0v) is 35.3. The van der Waals surface area contributed by atoms with Crippen LogP contribution in [0, 0.1) is 11.8 Å². The van der Waals surface area contributed by atoms with Gasteiger partial charge in [-0.05, 0) is 71.4 Å². The first-order chi connectivity index (χ1) is 24.9. The molecule has 0 aliphatic carbocycles. The van der Waals surface area contributed by atoms with Gasteiger partial charge in [0.25, 0.3) is 0 Å². The summed E-state index contributed by atoms with van der Waals surface area (Å²) in [6.45, 7) is 21.7. The molecule has 0 saturated heterocycles. The van der Waals surface area contributed by atoms with Crippen molar-refractivity contribution in [2.45, 2.75) is 123 Å². The minimum Gasteiger partial charge on any atom is -0.391 e. The first-order valence-electron chi connectivity index (χ1n) is 18.9. The van der Waals surface area contributed by atoms with Gasteiger partial charge in [-0.25, -0.2) is 0 Å². The second kappa shape index (κ2) is 24.0. The van der Waals surface area contributed by atoms with Gasteiger partial charge in [-0.2, -0.15) is 0 Å². The van der Waals surface area contributed by atoms with E-state index >= 15 is 0 Å². The molecule has 0 spiro atoms. The van der Waals surface area contributed by atoms with Crippen molar-refractivity contribution >= 4 is 29.5 Å². The van der Waals surface area contributed by atoms with Crippen molar-refractivity contribution in [3.8, 4) is 0 Å². The molecule has 0 radical (unpaired) electrons. The van der Waals surface area contributed by atoms with Gasteiger partial charge < -0.3 is 45.2 Å². The van der Waals surface area contributed by atoms with Gasteiger partial charge >= 0.3 is 0 Å². The lowest BCUT2D eigenvalue weighted by Gasteiger charge is -2.36. The lowest BCUT2D eigenvalue weighted by molar-refractivity contribution is -0.149. The molecule has 0 aromatic rings. The van der Waals surface area contributed by atoms with Gasteiger partial charge in [-0.15, -0.1) is 0 Å². The van der Waals surface area contributed by atoms with Crippen molar-refractivity contribution in [2.75, 3.05) is 55.0 Å². The number of likely N-dealkylation sites (N-methyl/N-ethyl adjacent to an activating group) is 5. The smallest absolute Gasteiger partial charge is 0.247 e. The molecular weight excluding hydrogens is 692 g/mol. The number of nitrogens with one attached hydrogen (secondary N) is 2. The van der Waals surface area contributed by atoms with Gasteiger partial charge in [0.1, 0.15) is 24.2 Å². The SMILES string of the molecule is C=C/C=C(\C=C)CC(C(=O)N(C)C(C)CC(C)C)N(C)C(=O)C(COCCC(C)(C)O)NC(=O)C(CC(C)C)N(C)C(=O)CN(C)C(=O)C(NC)C(C)O. The molecular formula is C40H72N6O8. The predicted octanol–water partition coefficient (Wildman–Crippen LogP) is 2.36. The second-order valence-electron chi connectivity index (χ2n) is 15.8. The Morgan fingerprint density at radius 3 is 1.87 bits per heavy atom. The number of aliphatic hydroxyl groups excluding tert-OH is 1. The molecule has 5 amide bonds. The molecule has 0 aromatic heterocycles. The van der Waals surface area contributed by atoms with Crippen molar-refractivity contribution in [2.24, 2.45) is 11.8 Å². The molecule has 54 heavy (non-hydrogen) atoms. The summed E-state index contributed by atoms with van der Waals surface area (Å²) in [6, 6.07) is -4.30. The third-order valence-electron chi connectivity index (χ3n) is 9.37. The highest BCUT2D eigenvalue weighted by Gasteiger charge is 2.38. The molecule has 0 fully saturated rings. The molecule has 0 bridgehead atoms. The van der Waals surface area contributed by atoms with E-state index in [4.69, 9.17) is 4.74 Å². The summed E-state index contributed by atoms with van der Waals surface area (Å²) in [6.07, 6.45) is 5.29. The Morgan fingerprint density at radius 2 is 1.41 bits per heavy atom. The molecule has 14 heteroatoms. The van der Waals surface area contributed by atoms with Crippen LogP contribution in [0.4, 0.5) is 0 Å². The van der Waals surface area contributed by atoms with E-state index in [1.54, 1.807) is 44.0 Å². The van der Waals surface area contributed by atoms with Crippen LogP contribution in [0.25, 0.3) is 0 Å². The maximum Gasteiger partial charge on any atom is 0.247 e. The lowest BCUT2D eigenvalue weighted by atomic mass is 9.99. The highest BCUT2D eigenvalue weighted by atomic mass is 16.5. The summed E-state index contributed by atoms with van der Waals surface area (Å²) in [4.78, 5) is 74.5. The monoisotopic (exact) mass is 765 g/mol. The van der Waals surface area contributed by atoms with E-state index in [2.05, 4.69) is 37.6 Å². The topological polar surface area (TPSA) is 172 Å². The Bertz CT molecular complexity index is 1280. The summed E-state index contributed by atoms with van der Waals surface area (Å²) in [5, 5.41) is 25.8. The fraction of sp³-hybridized carbons (Fsp3) is 0.725. The highest BCUT2D eigenvalue weighted by Crippen LogP contribution is 2.20. The van der Waals surface area contributed by atoms with Crippen molar-refractivity contribution < 1.29 is 38.9 Å². The number of nitrogens with zero attached hydrogens (tertiary/aromatic N) is 4. The Balaban J connectivity index is 6.73. The number of ether oxygens (including phenoxy) is 1. The molecule has 0 saturated carbocycles. The van der Waals surface area contributed by atoms with E-state index in [1.807, 2.05) is 20.8 Å². The van der Waals surface area contributed by atoms with Crippen molar-refractivity contribution in [3.63, 3.8) is 0 Å². The largest absolute Gasteiger partial charge is 0.391 e. The summed E-state index contributed by atoms with van der Waals surface area (Å²) in [5.74, 6) is -2.23. The number of aliphatic hydroxyl groups is 2. The van der Waals surface area contributed by atoms with E-state index in [0.29, 0.717) is 11.5 Å². The minimum atomic E-state index is -1.27. The fourth-order valence-electron chi connectivity index (χ4n) is 5.90. The lowest BCUT2D eigenvalue weighted by Crippen LogP contribution is -2.59. The maximum atomic E-state index is 14.4. The predicted molar refractivity (Wildman–Crippen MR) is 213 cm³/mol. The van der Waals surface area contributed by atoms with E-state index < -0.39 is 59.5 Å². The normalized spacial score (nSPS) is 15.4. The van der Waals surface area contributed by atoms with Gasteiger partial charge in [0.2, 0.25) is 29.5 Å². The molecule has 4 N–H and O–H groups in total. The van der Waals surface area contributed by atoms with Crippen LogP contribution in [0.2, 0.25) is 0 Å². The van der Waals surface area contributed by atoms with E-state index in [-0.39, 0.29) is 56.9 Å². The Kier molecular flexibility index (Phi) is 22.4.